The van der Waals surface area contributed by atoms with Crippen LogP contribution in [0.4, 0.5) is 0 Å². The second-order valence-electron chi connectivity index (χ2n) is 5.61. The fourth-order valence-electron chi connectivity index (χ4n) is 2.30. The first-order valence-corrected chi connectivity index (χ1v) is 6.58. The Balaban J connectivity index is 2.15. The summed E-state index contributed by atoms with van der Waals surface area (Å²) in [4.78, 5) is 0. The van der Waals surface area contributed by atoms with Crippen molar-refractivity contribution >= 4 is 0 Å². The van der Waals surface area contributed by atoms with Gasteiger partial charge >= 0.3 is 0 Å². The molecule has 0 radical (unpaired) electrons. The summed E-state index contributed by atoms with van der Waals surface area (Å²) in [7, 11) is 1.68. The van der Waals surface area contributed by atoms with Crippen LogP contribution in [0.5, 0.6) is 11.5 Å². The topological polar surface area (TPSA) is 44.5 Å². The van der Waals surface area contributed by atoms with Gasteiger partial charge in [0.15, 0.2) is 11.5 Å². The van der Waals surface area contributed by atoms with E-state index < -0.39 is 0 Å². The molecule has 1 aromatic carbocycles. The fraction of sp³-hybridized carbons (Fsp3) is 0.600. The SMILES string of the molecule is CCc1ccc(OC2CC(N)C2(C)C)c(OC)c1. The first kappa shape index (κ1) is 13.2. The maximum Gasteiger partial charge on any atom is 0.161 e. The summed E-state index contributed by atoms with van der Waals surface area (Å²) < 4.78 is 11.4. The molecule has 2 atom stereocenters. The van der Waals surface area contributed by atoms with E-state index in [1.807, 2.05) is 12.1 Å². The maximum atomic E-state index is 6.05. The van der Waals surface area contributed by atoms with Crippen molar-refractivity contribution in [2.45, 2.75) is 45.8 Å². The van der Waals surface area contributed by atoms with Crippen molar-refractivity contribution in [2.24, 2.45) is 11.1 Å². The van der Waals surface area contributed by atoms with Gasteiger partial charge in [-0.1, -0.05) is 26.8 Å². The van der Waals surface area contributed by atoms with Gasteiger partial charge in [-0.25, -0.2) is 0 Å². The van der Waals surface area contributed by atoms with E-state index in [-0.39, 0.29) is 17.6 Å². The lowest BCUT2D eigenvalue weighted by molar-refractivity contribution is -0.0411. The predicted molar refractivity (Wildman–Crippen MR) is 73.2 cm³/mol. The molecule has 0 saturated heterocycles. The maximum absolute atomic E-state index is 6.05. The molecule has 1 aliphatic carbocycles. The number of methoxy groups -OCH3 is 1. The summed E-state index contributed by atoms with van der Waals surface area (Å²) in [6.07, 6.45) is 2.08. The van der Waals surface area contributed by atoms with Crippen LogP contribution in [-0.2, 0) is 6.42 Å². The molecule has 0 bridgehead atoms. The Hall–Kier alpha value is -1.22. The number of hydrogen-bond donors (Lipinski definition) is 1. The quantitative estimate of drug-likeness (QED) is 0.892. The van der Waals surface area contributed by atoms with E-state index >= 15 is 0 Å². The van der Waals surface area contributed by atoms with Gasteiger partial charge in [0.25, 0.3) is 0 Å². The second kappa shape index (κ2) is 4.81. The third kappa shape index (κ3) is 2.19. The van der Waals surface area contributed by atoms with Gasteiger partial charge < -0.3 is 15.2 Å². The largest absolute Gasteiger partial charge is 0.493 e. The summed E-state index contributed by atoms with van der Waals surface area (Å²) in [5.74, 6) is 1.63. The highest BCUT2D eigenvalue weighted by Gasteiger charge is 2.48. The van der Waals surface area contributed by atoms with E-state index in [0.717, 1.165) is 24.3 Å². The summed E-state index contributed by atoms with van der Waals surface area (Å²) >= 11 is 0. The Morgan fingerprint density at radius 2 is 2.06 bits per heavy atom. The molecule has 3 heteroatoms. The number of hydrogen-bond acceptors (Lipinski definition) is 3. The highest BCUT2D eigenvalue weighted by Crippen LogP contribution is 2.43. The average molecular weight is 249 g/mol. The molecule has 0 spiro atoms. The Bertz CT molecular complexity index is 429. The molecule has 2 rings (SSSR count). The number of nitrogens with two attached hydrogens (primary N) is 1. The third-order valence-electron chi connectivity index (χ3n) is 4.16. The highest BCUT2D eigenvalue weighted by molar-refractivity contribution is 5.43. The van der Waals surface area contributed by atoms with Crippen LogP contribution in [0.15, 0.2) is 18.2 Å². The first-order valence-electron chi connectivity index (χ1n) is 6.58. The van der Waals surface area contributed by atoms with Crippen molar-refractivity contribution in [1.29, 1.82) is 0 Å². The number of rotatable bonds is 4. The molecule has 0 aliphatic heterocycles. The molecule has 1 aromatic rings. The third-order valence-corrected chi connectivity index (χ3v) is 4.16. The number of benzene rings is 1. The van der Waals surface area contributed by atoms with Crippen LogP contribution < -0.4 is 15.2 Å². The lowest BCUT2D eigenvalue weighted by Gasteiger charge is -2.49. The van der Waals surface area contributed by atoms with E-state index in [9.17, 15) is 0 Å². The van der Waals surface area contributed by atoms with Crippen molar-refractivity contribution in [3.05, 3.63) is 23.8 Å². The van der Waals surface area contributed by atoms with Crippen LogP contribution in [0.2, 0.25) is 0 Å². The molecular formula is C15H23NO2. The predicted octanol–water partition coefficient (Wildman–Crippen LogP) is 2.76. The van der Waals surface area contributed by atoms with Gasteiger partial charge in [-0.3, -0.25) is 0 Å². The van der Waals surface area contributed by atoms with Crippen LogP contribution in [0, 0.1) is 5.41 Å². The van der Waals surface area contributed by atoms with Crippen molar-refractivity contribution in [1.82, 2.24) is 0 Å². The zero-order valence-electron chi connectivity index (χ0n) is 11.7. The Morgan fingerprint density at radius 3 is 2.56 bits per heavy atom. The molecule has 2 N–H and O–H groups in total. The van der Waals surface area contributed by atoms with Gasteiger partial charge in [-0.15, -0.1) is 0 Å². The van der Waals surface area contributed by atoms with Gasteiger partial charge in [0.1, 0.15) is 6.10 Å². The van der Waals surface area contributed by atoms with Crippen LogP contribution in [0.1, 0.15) is 32.8 Å². The van der Waals surface area contributed by atoms with Gasteiger partial charge in [0.05, 0.1) is 7.11 Å². The molecule has 100 valence electrons. The van der Waals surface area contributed by atoms with Gasteiger partial charge in [0, 0.05) is 17.9 Å². The van der Waals surface area contributed by atoms with Gasteiger partial charge in [-0.05, 0) is 24.1 Å². The van der Waals surface area contributed by atoms with E-state index in [4.69, 9.17) is 15.2 Å². The molecule has 1 aliphatic rings. The van der Waals surface area contributed by atoms with Gasteiger partial charge in [-0.2, -0.15) is 0 Å². The first-order chi connectivity index (χ1) is 8.48. The average Bonchev–Trinajstić information content (AvgIpc) is 2.38. The van der Waals surface area contributed by atoms with Crippen LogP contribution >= 0.6 is 0 Å². The van der Waals surface area contributed by atoms with Crippen molar-refractivity contribution < 1.29 is 9.47 Å². The van der Waals surface area contributed by atoms with E-state index in [1.165, 1.54) is 5.56 Å². The van der Waals surface area contributed by atoms with Gasteiger partial charge in [0.2, 0.25) is 0 Å². The Labute approximate surface area is 109 Å². The molecule has 0 amide bonds. The molecule has 1 fully saturated rings. The molecule has 0 aromatic heterocycles. The Morgan fingerprint density at radius 1 is 1.33 bits per heavy atom. The Kier molecular flexibility index (Phi) is 3.53. The van der Waals surface area contributed by atoms with Crippen LogP contribution in [0.3, 0.4) is 0 Å². The van der Waals surface area contributed by atoms with Crippen molar-refractivity contribution in [2.75, 3.05) is 7.11 Å². The summed E-state index contributed by atoms with van der Waals surface area (Å²) in [6, 6.07) is 6.35. The minimum Gasteiger partial charge on any atom is -0.493 e. The molecule has 18 heavy (non-hydrogen) atoms. The lowest BCUT2D eigenvalue weighted by Crippen LogP contribution is -2.60. The molecule has 0 heterocycles. The standard InChI is InChI=1S/C15H23NO2/c1-5-10-6-7-11(12(8-10)17-4)18-14-9-13(16)15(14,2)3/h6-8,13-14H,5,9,16H2,1-4H3. The van der Waals surface area contributed by atoms with E-state index in [1.54, 1.807) is 7.11 Å². The molecule has 1 saturated carbocycles. The zero-order valence-corrected chi connectivity index (χ0v) is 11.7. The number of ether oxygens (including phenoxy) is 2. The van der Waals surface area contributed by atoms with Crippen molar-refractivity contribution in [3.8, 4) is 11.5 Å². The summed E-state index contributed by atoms with van der Waals surface area (Å²) in [5, 5.41) is 0. The minimum absolute atomic E-state index is 0.0361. The normalized spacial score (nSPS) is 25.4. The van der Waals surface area contributed by atoms with E-state index in [2.05, 4.69) is 26.8 Å². The number of aryl methyl sites for hydroxylation is 1. The smallest absolute Gasteiger partial charge is 0.161 e. The van der Waals surface area contributed by atoms with E-state index in [0.29, 0.717) is 0 Å². The van der Waals surface area contributed by atoms with Crippen LogP contribution in [-0.4, -0.2) is 19.3 Å². The fourth-order valence-corrected chi connectivity index (χ4v) is 2.30. The lowest BCUT2D eigenvalue weighted by atomic mass is 9.65. The minimum atomic E-state index is 0.0361. The molecular weight excluding hydrogens is 226 g/mol. The highest BCUT2D eigenvalue weighted by atomic mass is 16.5. The monoisotopic (exact) mass is 249 g/mol. The molecule has 3 nitrogen and oxygen atoms in total. The van der Waals surface area contributed by atoms with Crippen molar-refractivity contribution in [3.63, 3.8) is 0 Å². The molecule has 2 unspecified atom stereocenters. The summed E-state index contributed by atoms with van der Waals surface area (Å²) in [6.45, 7) is 6.43. The summed E-state index contributed by atoms with van der Waals surface area (Å²) in [5.41, 5.74) is 7.29. The van der Waals surface area contributed by atoms with Crippen LogP contribution in [0.25, 0.3) is 0 Å². The zero-order chi connectivity index (χ0) is 13.3. The second-order valence-corrected chi connectivity index (χ2v) is 5.61.